The Hall–Kier alpha value is -3.98. The zero-order valence-electron chi connectivity index (χ0n) is 18.7. The molecule has 0 bridgehead atoms. The summed E-state index contributed by atoms with van der Waals surface area (Å²) < 4.78 is 28.8. The lowest BCUT2D eigenvalue weighted by Crippen LogP contribution is -2.58. The summed E-state index contributed by atoms with van der Waals surface area (Å²) >= 11 is 0. The molecule has 1 aliphatic heterocycles. The summed E-state index contributed by atoms with van der Waals surface area (Å²) in [6.07, 6.45) is -1.21. The molecule has 3 aromatic carbocycles. The van der Waals surface area contributed by atoms with E-state index < -0.39 is 41.9 Å². The van der Waals surface area contributed by atoms with Gasteiger partial charge in [-0.25, -0.2) is 18.4 Å². The Labute approximate surface area is 195 Å². The van der Waals surface area contributed by atoms with Crippen molar-refractivity contribution in [3.05, 3.63) is 96.1 Å². The normalized spacial score (nSPS) is 17.1. The first-order valence-electron chi connectivity index (χ1n) is 10.6. The van der Waals surface area contributed by atoms with Crippen LogP contribution in [0.15, 0.2) is 78.9 Å². The maximum absolute atomic E-state index is 14.4. The highest BCUT2D eigenvalue weighted by Crippen LogP contribution is 2.39. The summed E-state index contributed by atoms with van der Waals surface area (Å²) in [7, 11) is 0. The molecular weight excluding hydrogens is 442 g/mol. The number of nitrogens with one attached hydrogen (secondary N) is 1. The van der Waals surface area contributed by atoms with E-state index in [1.165, 1.54) is 15.9 Å². The average molecular weight is 466 g/mol. The van der Waals surface area contributed by atoms with Gasteiger partial charge in [0.25, 0.3) is 0 Å². The zero-order valence-corrected chi connectivity index (χ0v) is 18.7. The van der Waals surface area contributed by atoms with Gasteiger partial charge in [0.1, 0.15) is 11.6 Å². The molecule has 34 heavy (non-hydrogen) atoms. The predicted molar refractivity (Wildman–Crippen MR) is 123 cm³/mol. The van der Waals surface area contributed by atoms with E-state index in [2.05, 4.69) is 5.32 Å². The number of carbonyl (C=O) groups excluding carboxylic acids is 2. The molecule has 1 unspecified atom stereocenters. The highest BCUT2D eigenvalue weighted by molar-refractivity contribution is 5.98. The van der Waals surface area contributed by atoms with Crippen molar-refractivity contribution >= 4 is 23.4 Å². The molecule has 4 amide bonds. The Morgan fingerprint density at radius 3 is 2.12 bits per heavy atom. The first-order chi connectivity index (χ1) is 16.2. The van der Waals surface area contributed by atoms with Gasteiger partial charge in [0, 0.05) is 16.9 Å². The van der Waals surface area contributed by atoms with Crippen LogP contribution in [-0.2, 0) is 6.54 Å². The molecule has 0 saturated carbocycles. The largest absolute Gasteiger partial charge is 0.347 e. The first-order valence-corrected chi connectivity index (χ1v) is 10.6. The summed E-state index contributed by atoms with van der Waals surface area (Å²) in [5, 5.41) is 14.0. The van der Waals surface area contributed by atoms with E-state index in [0.29, 0.717) is 16.4 Å². The van der Waals surface area contributed by atoms with Crippen molar-refractivity contribution in [3.8, 4) is 0 Å². The lowest BCUT2D eigenvalue weighted by Gasteiger charge is -2.38. The van der Waals surface area contributed by atoms with Gasteiger partial charge < -0.3 is 10.2 Å². The third-order valence-corrected chi connectivity index (χ3v) is 5.89. The molecule has 0 radical (unpaired) electrons. The second kappa shape index (κ2) is 9.11. The van der Waals surface area contributed by atoms with Crippen molar-refractivity contribution in [3.63, 3.8) is 0 Å². The number of hydrogen-bond donors (Lipinski definition) is 2. The minimum Gasteiger partial charge on any atom is -0.311 e. The van der Waals surface area contributed by atoms with Gasteiger partial charge in [0.2, 0.25) is 0 Å². The number of halogens is 2. The minimum atomic E-state index is -1.25. The molecule has 1 aliphatic rings. The summed E-state index contributed by atoms with van der Waals surface area (Å²) in [5.41, 5.74) is -0.667. The maximum Gasteiger partial charge on any atom is 0.347 e. The van der Waals surface area contributed by atoms with Crippen LogP contribution in [0, 0.1) is 11.6 Å². The Morgan fingerprint density at radius 2 is 1.53 bits per heavy atom. The molecule has 4 rings (SSSR count). The molecule has 0 aliphatic carbocycles. The fraction of sp³-hybridized carbons (Fsp3) is 0.200. The lowest BCUT2D eigenvalue weighted by molar-refractivity contribution is -0.0955. The van der Waals surface area contributed by atoms with E-state index >= 15 is 0 Å². The SMILES string of the molecule is CC1(C)C(N(O)C(=O)Nc2ccccc2)N(c2ccccc2)C(=O)N1Cc1c(F)cccc1F. The van der Waals surface area contributed by atoms with Crippen LogP contribution < -0.4 is 10.2 Å². The second-order valence-corrected chi connectivity index (χ2v) is 8.44. The second-order valence-electron chi connectivity index (χ2n) is 8.44. The van der Waals surface area contributed by atoms with Gasteiger partial charge in [-0.3, -0.25) is 10.1 Å². The molecule has 2 N–H and O–H groups in total. The third-order valence-electron chi connectivity index (χ3n) is 5.89. The van der Waals surface area contributed by atoms with E-state index in [4.69, 9.17) is 0 Å². The molecule has 1 saturated heterocycles. The molecular formula is C25H24F2N4O3. The van der Waals surface area contributed by atoms with Crippen LogP contribution in [0.4, 0.5) is 29.7 Å². The third kappa shape index (κ3) is 4.17. The van der Waals surface area contributed by atoms with Crippen LogP contribution in [0.25, 0.3) is 0 Å². The van der Waals surface area contributed by atoms with Gasteiger partial charge >= 0.3 is 12.1 Å². The topological polar surface area (TPSA) is 76.1 Å². The van der Waals surface area contributed by atoms with Crippen molar-refractivity contribution in [1.29, 1.82) is 0 Å². The van der Waals surface area contributed by atoms with Crippen LogP contribution in [0.1, 0.15) is 19.4 Å². The van der Waals surface area contributed by atoms with Crippen molar-refractivity contribution in [2.45, 2.75) is 32.1 Å². The number of carbonyl (C=O) groups is 2. The first kappa shape index (κ1) is 23.2. The van der Waals surface area contributed by atoms with E-state index in [-0.39, 0.29) is 5.56 Å². The van der Waals surface area contributed by atoms with E-state index in [9.17, 15) is 23.6 Å². The molecule has 1 heterocycles. The number of hydrogen-bond acceptors (Lipinski definition) is 3. The number of nitrogens with zero attached hydrogens (tertiary/aromatic N) is 3. The van der Waals surface area contributed by atoms with Crippen LogP contribution >= 0.6 is 0 Å². The number of rotatable bonds is 5. The van der Waals surface area contributed by atoms with Crippen molar-refractivity contribution in [1.82, 2.24) is 9.96 Å². The van der Waals surface area contributed by atoms with E-state index in [1.54, 1.807) is 74.5 Å². The van der Waals surface area contributed by atoms with Gasteiger partial charge in [-0.2, -0.15) is 5.06 Å². The van der Waals surface area contributed by atoms with Crippen LogP contribution in [0.3, 0.4) is 0 Å². The monoisotopic (exact) mass is 466 g/mol. The smallest absolute Gasteiger partial charge is 0.311 e. The fourth-order valence-electron chi connectivity index (χ4n) is 4.11. The molecule has 1 atom stereocenters. The summed E-state index contributed by atoms with van der Waals surface area (Å²) in [6.45, 7) is 2.85. The number of para-hydroxylation sites is 2. The Balaban J connectivity index is 1.73. The van der Waals surface area contributed by atoms with Gasteiger partial charge in [-0.05, 0) is 50.2 Å². The van der Waals surface area contributed by atoms with Crippen molar-refractivity contribution < 1.29 is 23.6 Å². The highest BCUT2D eigenvalue weighted by atomic mass is 19.1. The standard InChI is InChI=1S/C25H24F2N4O3/c1-25(2)22(31(34)23(32)28-17-10-5-3-6-11-17)30(18-12-7-4-8-13-18)24(33)29(25)16-19-20(26)14-9-15-21(19)27/h3-15,22,34H,16H2,1-2H3,(H,28,32). The summed E-state index contributed by atoms with van der Waals surface area (Å²) in [4.78, 5) is 29.0. The molecule has 0 aromatic heterocycles. The Bertz CT molecular complexity index is 1170. The number of benzene rings is 3. The molecule has 3 aromatic rings. The van der Waals surface area contributed by atoms with Crippen LogP contribution in [0.5, 0.6) is 0 Å². The highest BCUT2D eigenvalue weighted by Gasteiger charge is 2.56. The van der Waals surface area contributed by atoms with E-state index in [0.717, 1.165) is 12.1 Å². The summed E-state index contributed by atoms with van der Waals surface area (Å²) in [5.74, 6) is -1.58. The van der Waals surface area contributed by atoms with Crippen LogP contribution in [-0.4, -0.2) is 38.9 Å². The molecule has 176 valence electrons. The predicted octanol–water partition coefficient (Wildman–Crippen LogP) is 5.44. The average Bonchev–Trinajstić information content (AvgIpc) is 3.02. The Morgan fingerprint density at radius 1 is 0.971 bits per heavy atom. The lowest BCUT2D eigenvalue weighted by atomic mass is 9.99. The zero-order chi connectivity index (χ0) is 24.5. The molecule has 0 spiro atoms. The molecule has 9 heteroatoms. The number of anilines is 2. The van der Waals surface area contributed by atoms with E-state index in [1.807, 2.05) is 0 Å². The van der Waals surface area contributed by atoms with Crippen LogP contribution in [0.2, 0.25) is 0 Å². The van der Waals surface area contributed by atoms with Gasteiger partial charge in [-0.1, -0.05) is 42.5 Å². The summed E-state index contributed by atoms with van der Waals surface area (Å²) in [6, 6.07) is 19.0. The molecule has 1 fully saturated rings. The quantitative estimate of drug-likeness (QED) is 0.389. The fourth-order valence-corrected chi connectivity index (χ4v) is 4.11. The van der Waals surface area contributed by atoms with Gasteiger partial charge in [0.15, 0.2) is 6.17 Å². The van der Waals surface area contributed by atoms with Crippen molar-refractivity contribution in [2.75, 3.05) is 10.2 Å². The number of hydroxylamine groups is 2. The van der Waals surface area contributed by atoms with Gasteiger partial charge in [-0.15, -0.1) is 0 Å². The Kier molecular flexibility index (Phi) is 6.21. The maximum atomic E-state index is 14.4. The van der Waals surface area contributed by atoms with Gasteiger partial charge in [0.05, 0.1) is 12.1 Å². The van der Waals surface area contributed by atoms with Crippen molar-refractivity contribution in [2.24, 2.45) is 0 Å². The minimum absolute atomic E-state index is 0.282. The number of amides is 4. The number of urea groups is 2. The molecule has 7 nitrogen and oxygen atoms in total.